The van der Waals surface area contributed by atoms with E-state index in [-0.39, 0.29) is 5.82 Å². The van der Waals surface area contributed by atoms with E-state index in [0.29, 0.717) is 73.6 Å². The molecule has 1 saturated heterocycles. The molecule has 0 radical (unpaired) electrons. The molecule has 35 heavy (non-hydrogen) atoms. The molecular formula is C24H23F2N7O2. The molecule has 180 valence electrons. The van der Waals surface area contributed by atoms with E-state index in [2.05, 4.69) is 14.9 Å². The van der Waals surface area contributed by atoms with Gasteiger partial charge in [0.1, 0.15) is 22.9 Å². The number of hydrogen-bond donors (Lipinski definition) is 0. The number of pyridine rings is 1. The Morgan fingerprint density at radius 3 is 2.57 bits per heavy atom. The molecule has 0 atom stereocenters. The lowest BCUT2D eigenvalue weighted by atomic mass is 10.2. The Balaban J connectivity index is 1.61. The van der Waals surface area contributed by atoms with E-state index >= 15 is 0 Å². The molecule has 4 aromatic rings. The molecule has 0 amide bonds. The maximum absolute atomic E-state index is 14.3. The smallest absolute Gasteiger partial charge is 0.296 e. The third-order valence-corrected chi connectivity index (χ3v) is 6.35. The molecule has 9 nitrogen and oxygen atoms in total. The number of ether oxygens (including phenoxy) is 2. The van der Waals surface area contributed by atoms with Gasteiger partial charge in [-0.1, -0.05) is 6.07 Å². The van der Waals surface area contributed by atoms with Crippen LogP contribution in [0.3, 0.4) is 0 Å². The second kappa shape index (κ2) is 8.73. The highest BCUT2D eigenvalue weighted by Crippen LogP contribution is 2.40. The zero-order chi connectivity index (χ0) is 23.9. The zero-order valence-corrected chi connectivity index (χ0v) is 19.1. The van der Waals surface area contributed by atoms with Crippen molar-refractivity contribution >= 4 is 28.5 Å². The van der Waals surface area contributed by atoms with Gasteiger partial charge in [0.05, 0.1) is 37.7 Å². The molecule has 0 spiro atoms. The van der Waals surface area contributed by atoms with Crippen LogP contribution >= 0.6 is 0 Å². The van der Waals surface area contributed by atoms with E-state index in [1.54, 1.807) is 30.6 Å². The molecule has 0 N–H and O–H groups in total. The van der Waals surface area contributed by atoms with Crippen LogP contribution in [0.2, 0.25) is 0 Å². The second-order valence-electron chi connectivity index (χ2n) is 8.30. The Morgan fingerprint density at radius 2 is 1.83 bits per heavy atom. The average Bonchev–Trinajstić information content (AvgIpc) is 3.51. The third-order valence-electron chi connectivity index (χ3n) is 6.35. The van der Waals surface area contributed by atoms with Gasteiger partial charge in [0, 0.05) is 31.4 Å². The number of fused-ring (bicyclic) bond motifs is 2. The predicted octanol–water partition coefficient (Wildman–Crippen LogP) is 3.69. The van der Waals surface area contributed by atoms with E-state index in [1.165, 1.54) is 11.7 Å². The number of benzene rings is 1. The molecule has 0 saturated carbocycles. The minimum Gasteiger partial charge on any atom is -0.494 e. The van der Waals surface area contributed by atoms with Crippen molar-refractivity contribution in [2.45, 2.75) is 12.8 Å². The third kappa shape index (κ3) is 3.63. The number of imidazole rings is 1. The Kier molecular flexibility index (Phi) is 5.40. The lowest BCUT2D eigenvalue weighted by molar-refractivity contribution is 0.122. The highest BCUT2D eigenvalue weighted by molar-refractivity contribution is 5.85. The quantitative estimate of drug-likeness (QED) is 0.429. The first-order valence-electron chi connectivity index (χ1n) is 11.4. The minimum absolute atomic E-state index is 0.368. The summed E-state index contributed by atoms with van der Waals surface area (Å²) in [4.78, 5) is 22.4. The average molecular weight is 479 g/mol. The van der Waals surface area contributed by atoms with Crippen LogP contribution in [0.25, 0.3) is 16.9 Å². The number of morpholine rings is 1. The maximum Gasteiger partial charge on any atom is 0.296 e. The van der Waals surface area contributed by atoms with Crippen molar-refractivity contribution < 1.29 is 18.3 Å². The van der Waals surface area contributed by atoms with Gasteiger partial charge >= 0.3 is 0 Å². The number of rotatable bonds is 5. The first-order chi connectivity index (χ1) is 17.2. The molecule has 0 aliphatic carbocycles. The molecule has 2 aliphatic heterocycles. The van der Waals surface area contributed by atoms with Crippen molar-refractivity contribution in [1.82, 2.24) is 24.5 Å². The lowest BCUT2D eigenvalue weighted by Gasteiger charge is -2.28. The predicted molar refractivity (Wildman–Crippen MR) is 126 cm³/mol. The Morgan fingerprint density at radius 1 is 1.00 bits per heavy atom. The Hall–Kier alpha value is -3.86. The van der Waals surface area contributed by atoms with Crippen molar-refractivity contribution in [1.29, 1.82) is 0 Å². The summed E-state index contributed by atoms with van der Waals surface area (Å²) in [5.74, 6) is 1.63. The molecule has 1 fully saturated rings. The van der Waals surface area contributed by atoms with Crippen molar-refractivity contribution in [3.63, 3.8) is 0 Å². The number of nitrogens with zero attached hydrogens (tertiary/aromatic N) is 7. The summed E-state index contributed by atoms with van der Waals surface area (Å²) >= 11 is 0. The van der Waals surface area contributed by atoms with Gasteiger partial charge < -0.3 is 19.3 Å². The SMILES string of the molecule is COc1cccc2c1nc(C(F)F)n2-c1nc(N2CCOCC2)nc2c1CCN2c1cccnc1. The van der Waals surface area contributed by atoms with Gasteiger partial charge in [-0.05, 0) is 30.7 Å². The van der Waals surface area contributed by atoms with Gasteiger partial charge in [-0.2, -0.15) is 9.97 Å². The summed E-state index contributed by atoms with van der Waals surface area (Å²) in [6, 6.07) is 9.06. The molecule has 0 bridgehead atoms. The summed E-state index contributed by atoms with van der Waals surface area (Å²) in [6.45, 7) is 2.97. The number of hydrogen-bond acceptors (Lipinski definition) is 8. The standard InChI is InChI=1S/C24H23F2N7O2/c1-34-18-6-2-5-17-19(18)28-23(20(25)26)33(17)22-16-7-9-32(15-4-3-8-27-14-15)21(16)29-24(30-22)31-10-12-35-13-11-31/h2-6,8,14,20H,7,9-13H2,1H3. The summed E-state index contributed by atoms with van der Waals surface area (Å²) in [6.07, 6.45) is 1.27. The topological polar surface area (TPSA) is 81.4 Å². The van der Waals surface area contributed by atoms with Crippen LogP contribution in [0.15, 0.2) is 42.7 Å². The van der Waals surface area contributed by atoms with Crippen LogP contribution in [0, 0.1) is 0 Å². The normalized spacial score (nSPS) is 15.8. The highest BCUT2D eigenvalue weighted by atomic mass is 19.3. The van der Waals surface area contributed by atoms with E-state index in [4.69, 9.17) is 19.4 Å². The fourth-order valence-electron chi connectivity index (χ4n) is 4.71. The van der Waals surface area contributed by atoms with E-state index in [0.717, 1.165) is 11.3 Å². The minimum atomic E-state index is -2.81. The molecule has 11 heteroatoms. The van der Waals surface area contributed by atoms with Crippen molar-refractivity contribution in [3.8, 4) is 11.6 Å². The molecular weight excluding hydrogens is 456 g/mol. The molecule has 2 aliphatic rings. The van der Waals surface area contributed by atoms with Crippen LogP contribution < -0.4 is 14.5 Å². The van der Waals surface area contributed by atoms with Crippen LogP contribution in [0.5, 0.6) is 5.75 Å². The van der Waals surface area contributed by atoms with Gasteiger partial charge in [-0.3, -0.25) is 9.55 Å². The Bertz CT molecular complexity index is 1370. The number of anilines is 3. The number of methoxy groups -OCH3 is 1. The number of para-hydroxylation sites is 1. The van der Waals surface area contributed by atoms with E-state index in [9.17, 15) is 8.78 Å². The first-order valence-corrected chi connectivity index (χ1v) is 11.4. The number of alkyl halides is 2. The summed E-state index contributed by atoms with van der Waals surface area (Å²) < 4.78 is 41.0. The second-order valence-corrected chi connectivity index (χ2v) is 8.30. The summed E-state index contributed by atoms with van der Waals surface area (Å²) in [5, 5.41) is 0. The van der Waals surface area contributed by atoms with Crippen LogP contribution in [-0.4, -0.2) is 64.5 Å². The number of halogens is 2. The van der Waals surface area contributed by atoms with E-state index < -0.39 is 6.43 Å². The van der Waals surface area contributed by atoms with Gasteiger partial charge in [0.15, 0.2) is 5.82 Å². The van der Waals surface area contributed by atoms with Crippen LogP contribution in [0.1, 0.15) is 17.8 Å². The zero-order valence-electron chi connectivity index (χ0n) is 19.1. The molecule has 6 rings (SSSR count). The van der Waals surface area contributed by atoms with Crippen molar-refractivity contribution in [2.75, 3.05) is 49.8 Å². The van der Waals surface area contributed by atoms with Gasteiger partial charge in [0.25, 0.3) is 6.43 Å². The molecule has 3 aromatic heterocycles. The van der Waals surface area contributed by atoms with Crippen LogP contribution in [-0.2, 0) is 11.2 Å². The maximum atomic E-state index is 14.3. The fraction of sp³-hybridized carbons (Fsp3) is 0.333. The summed E-state index contributed by atoms with van der Waals surface area (Å²) in [5.41, 5.74) is 2.55. The molecule has 1 aromatic carbocycles. The van der Waals surface area contributed by atoms with Crippen molar-refractivity contribution in [3.05, 3.63) is 54.1 Å². The molecule has 0 unspecified atom stereocenters. The summed E-state index contributed by atoms with van der Waals surface area (Å²) in [7, 11) is 1.50. The monoisotopic (exact) mass is 479 g/mol. The van der Waals surface area contributed by atoms with E-state index in [1.807, 2.05) is 17.0 Å². The van der Waals surface area contributed by atoms with Gasteiger partial charge in [0.2, 0.25) is 5.95 Å². The fourth-order valence-corrected chi connectivity index (χ4v) is 4.71. The largest absolute Gasteiger partial charge is 0.494 e. The van der Waals surface area contributed by atoms with Gasteiger partial charge in [-0.25, -0.2) is 13.8 Å². The molecule has 5 heterocycles. The highest BCUT2D eigenvalue weighted by Gasteiger charge is 2.32. The Labute approximate surface area is 200 Å². The first kappa shape index (κ1) is 21.7. The van der Waals surface area contributed by atoms with Crippen molar-refractivity contribution in [2.24, 2.45) is 0 Å². The lowest BCUT2D eigenvalue weighted by Crippen LogP contribution is -2.37. The van der Waals surface area contributed by atoms with Gasteiger partial charge in [-0.15, -0.1) is 0 Å². The van der Waals surface area contributed by atoms with Crippen LogP contribution in [0.4, 0.5) is 26.2 Å². The number of aromatic nitrogens is 5.